The Morgan fingerprint density at radius 3 is 2.39 bits per heavy atom. The standard InChI is InChI=1S/C14H24N2O10P2/c1-23-13-10(16-6-4-11(17)15-14(16)18)8-9(5-7-27(19,20)24-2)12(13)26-28(21,22)25-3/h4,6,9-10,12-13H,5,7-8H2,1-3H3,(H,19,20)(H,21,22)(H,15,17,18)/t9-,10-,12+,13-/m0/s1. The number of aromatic amines is 1. The van der Waals surface area contributed by atoms with Crippen LogP contribution in [0.2, 0.25) is 0 Å². The van der Waals surface area contributed by atoms with Crippen molar-refractivity contribution in [3.63, 3.8) is 0 Å². The van der Waals surface area contributed by atoms with E-state index in [0.29, 0.717) is 0 Å². The lowest BCUT2D eigenvalue weighted by atomic mass is 10.0. The highest BCUT2D eigenvalue weighted by Gasteiger charge is 2.49. The zero-order valence-corrected chi connectivity index (χ0v) is 17.4. The molecule has 0 aliphatic heterocycles. The van der Waals surface area contributed by atoms with Crippen molar-refractivity contribution in [3.8, 4) is 0 Å². The van der Waals surface area contributed by atoms with Gasteiger partial charge in [0, 0.05) is 33.6 Å². The van der Waals surface area contributed by atoms with Crippen LogP contribution < -0.4 is 11.2 Å². The average molecular weight is 442 g/mol. The maximum Gasteiger partial charge on any atom is 0.472 e. The molecule has 0 bridgehead atoms. The summed E-state index contributed by atoms with van der Waals surface area (Å²) in [7, 11) is -4.78. The van der Waals surface area contributed by atoms with Gasteiger partial charge in [-0.15, -0.1) is 0 Å². The number of phosphoric acid groups is 1. The molecule has 0 saturated heterocycles. The van der Waals surface area contributed by atoms with E-state index in [9.17, 15) is 28.5 Å². The summed E-state index contributed by atoms with van der Waals surface area (Å²) in [6.45, 7) is 0. The van der Waals surface area contributed by atoms with Crippen LogP contribution in [0, 0.1) is 5.92 Å². The van der Waals surface area contributed by atoms with E-state index in [0.717, 1.165) is 20.3 Å². The highest BCUT2D eigenvalue weighted by atomic mass is 31.2. The topological polar surface area (TPSA) is 166 Å². The van der Waals surface area contributed by atoms with Crippen LogP contribution in [0.15, 0.2) is 21.9 Å². The first kappa shape index (κ1) is 23.2. The number of H-pyrrole nitrogens is 1. The molecular weight excluding hydrogens is 418 g/mol. The maximum atomic E-state index is 12.2. The summed E-state index contributed by atoms with van der Waals surface area (Å²) in [4.78, 5) is 45.1. The molecule has 1 aliphatic carbocycles. The molecule has 6 atom stereocenters. The Morgan fingerprint density at radius 2 is 1.86 bits per heavy atom. The van der Waals surface area contributed by atoms with Crippen molar-refractivity contribution in [1.82, 2.24) is 9.55 Å². The zero-order valence-electron chi connectivity index (χ0n) is 15.6. The Bertz CT molecular complexity index is 883. The molecule has 28 heavy (non-hydrogen) atoms. The second kappa shape index (κ2) is 9.15. The summed E-state index contributed by atoms with van der Waals surface area (Å²) >= 11 is 0. The SMILES string of the molecule is CO[C@@H]1[C@H](OP(=O)(O)OC)[C@@H](CCP(=O)(O)OC)C[C@@H]1n1ccc(=O)[nH]c1=O. The minimum Gasteiger partial charge on any atom is -0.377 e. The third kappa shape index (κ3) is 5.49. The predicted octanol–water partition coefficient (Wildman–Crippen LogP) is 0.466. The van der Waals surface area contributed by atoms with Gasteiger partial charge >= 0.3 is 21.1 Å². The van der Waals surface area contributed by atoms with Crippen LogP contribution in [0.5, 0.6) is 0 Å². The fourth-order valence-corrected chi connectivity index (χ4v) is 4.89. The van der Waals surface area contributed by atoms with Gasteiger partial charge in [0.05, 0.1) is 12.2 Å². The van der Waals surface area contributed by atoms with Gasteiger partial charge < -0.3 is 19.0 Å². The number of methoxy groups -OCH3 is 1. The molecule has 3 N–H and O–H groups in total. The lowest BCUT2D eigenvalue weighted by Crippen LogP contribution is -2.38. The molecule has 2 unspecified atom stereocenters. The predicted molar refractivity (Wildman–Crippen MR) is 97.3 cm³/mol. The van der Waals surface area contributed by atoms with E-state index in [2.05, 4.69) is 14.0 Å². The highest BCUT2D eigenvalue weighted by Crippen LogP contribution is 2.52. The minimum atomic E-state index is -4.41. The monoisotopic (exact) mass is 442 g/mol. The molecule has 1 heterocycles. The second-order valence-electron chi connectivity index (χ2n) is 6.33. The van der Waals surface area contributed by atoms with Gasteiger partial charge in [0.1, 0.15) is 12.2 Å². The quantitative estimate of drug-likeness (QED) is 0.457. The lowest BCUT2D eigenvalue weighted by molar-refractivity contribution is -0.0250. The molecule has 160 valence electrons. The molecular formula is C14H24N2O10P2. The van der Waals surface area contributed by atoms with Crippen molar-refractivity contribution in [2.24, 2.45) is 5.92 Å². The highest BCUT2D eigenvalue weighted by molar-refractivity contribution is 7.52. The maximum absolute atomic E-state index is 12.2. The van der Waals surface area contributed by atoms with Crippen molar-refractivity contribution >= 4 is 15.4 Å². The van der Waals surface area contributed by atoms with E-state index in [-0.39, 0.29) is 19.0 Å². The van der Waals surface area contributed by atoms with Crippen molar-refractivity contribution in [2.45, 2.75) is 31.1 Å². The zero-order chi connectivity index (χ0) is 21.1. The number of nitrogens with one attached hydrogen (secondary N) is 1. The van der Waals surface area contributed by atoms with E-state index in [4.69, 9.17) is 9.26 Å². The summed E-state index contributed by atoms with van der Waals surface area (Å²) in [5.74, 6) is -0.528. The number of hydrogen-bond acceptors (Lipinski definition) is 8. The summed E-state index contributed by atoms with van der Waals surface area (Å²) in [5.41, 5.74) is -1.25. The third-order valence-corrected chi connectivity index (χ3v) is 7.11. The molecule has 1 aromatic rings. The van der Waals surface area contributed by atoms with Crippen LogP contribution in [-0.4, -0.2) is 59.0 Å². The average Bonchev–Trinajstić information content (AvgIpc) is 2.96. The first-order valence-corrected chi connectivity index (χ1v) is 11.6. The molecule has 0 spiro atoms. The molecule has 0 aromatic carbocycles. The molecule has 1 aromatic heterocycles. The Hall–Kier alpha value is -1.10. The number of rotatable bonds is 9. The van der Waals surface area contributed by atoms with Crippen LogP contribution in [0.25, 0.3) is 0 Å². The molecule has 12 nitrogen and oxygen atoms in total. The van der Waals surface area contributed by atoms with Gasteiger partial charge in [-0.25, -0.2) is 9.36 Å². The van der Waals surface area contributed by atoms with Gasteiger partial charge in [0.2, 0.25) is 0 Å². The van der Waals surface area contributed by atoms with Gasteiger partial charge in [-0.2, -0.15) is 0 Å². The van der Waals surface area contributed by atoms with E-state index in [1.54, 1.807) is 0 Å². The minimum absolute atomic E-state index is 0.102. The Kier molecular flexibility index (Phi) is 7.57. The molecule has 1 saturated carbocycles. The molecule has 2 rings (SSSR count). The van der Waals surface area contributed by atoms with Crippen molar-refractivity contribution < 1.29 is 37.2 Å². The summed E-state index contributed by atoms with van der Waals surface area (Å²) in [5, 5.41) is 0. The van der Waals surface area contributed by atoms with Crippen LogP contribution in [0.3, 0.4) is 0 Å². The fourth-order valence-electron chi connectivity index (χ4n) is 3.36. The Labute approximate surface area is 160 Å². The van der Waals surface area contributed by atoms with Crippen LogP contribution in [0.1, 0.15) is 18.9 Å². The van der Waals surface area contributed by atoms with E-state index in [1.807, 2.05) is 0 Å². The summed E-state index contributed by atoms with van der Waals surface area (Å²) < 4.78 is 44.7. The molecule has 0 amide bonds. The number of hydrogen-bond donors (Lipinski definition) is 3. The van der Waals surface area contributed by atoms with Gasteiger partial charge in [-0.05, 0) is 18.8 Å². The summed E-state index contributed by atoms with van der Waals surface area (Å²) in [6, 6.07) is 0.512. The molecule has 1 fully saturated rings. The number of phosphoric ester groups is 1. The summed E-state index contributed by atoms with van der Waals surface area (Å²) in [6.07, 6.45) is -0.475. The van der Waals surface area contributed by atoms with Gasteiger partial charge in [0.15, 0.2) is 0 Å². The van der Waals surface area contributed by atoms with Gasteiger partial charge in [-0.1, -0.05) is 0 Å². The molecule has 14 heteroatoms. The van der Waals surface area contributed by atoms with E-state index in [1.165, 1.54) is 17.9 Å². The first-order valence-electron chi connectivity index (χ1n) is 8.32. The third-order valence-electron chi connectivity index (χ3n) is 4.75. The van der Waals surface area contributed by atoms with Gasteiger partial charge in [-0.3, -0.25) is 28.0 Å². The van der Waals surface area contributed by atoms with Crippen molar-refractivity contribution in [3.05, 3.63) is 33.1 Å². The Morgan fingerprint density at radius 1 is 1.18 bits per heavy atom. The normalized spacial score (nSPS) is 29.3. The Balaban J connectivity index is 2.38. The first-order chi connectivity index (χ1) is 13.0. The smallest absolute Gasteiger partial charge is 0.377 e. The van der Waals surface area contributed by atoms with Crippen LogP contribution in [-0.2, 0) is 27.4 Å². The van der Waals surface area contributed by atoms with Crippen molar-refractivity contribution in [2.75, 3.05) is 27.5 Å². The largest absolute Gasteiger partial charge is 0.472 e. The number of aromatic nitrogens is 2. The van der Waals surface area contributed by atoms with Crippen LogP contribution in [0.4, 0.5) is 0 Å². The van der Waals surface area contributed by atoms with Crippen LogP contribution >= 0.6 is 15.4 Å². The van der Waals surface area contributed by atoms with E-state index < -0.39 is 50.8 Å². The van der Waals surface area contributed by atoms with Crippen molar-refractivity contribution in [1.29, 1.82) is 0 Å². The molecule has 0 radical (unpaired) electrons. The second-order valence-corrected chi connectivity index (χ2v) is 9.93. The molecule has 1 aliphatic rings. The fraction of sp³-hybridized carbons (Fsp3) is 0.714. The van der Waals surface area contributed by atoms with E-state index >= 15 is 0 Å². The van der Waals surface area contributed by atoms with Gasteiger partial charge in [0.25, 0.3) is 5.56 Å². The number of nitrogens with zero attached hydrogens (tertiary/aromatic N) is 1. The number of ether oxygens (including phenoxy) is 1. The lowest BCUT2D eigenvalue weighted by Gasteiger charge is -2.27.